The Labute approximate surface area is 379 Å². The Kier molecular flexibility index (Phi) is 13.5. The number of ketones is 1. The molecule has 0 radical (unpaired) electrons. The van der Waals surface area contributed by atoms with Crippen molar-refractivity contribution in [3.05, 3.63) is 0 Å². The van der Waals surface area contributed by atoms with Crippen LogP contribution in [0.1, 0.15) is 92.4 Å². The lowest BCUT2D eigenvalue weighted by atomic mass is 9.44. The third-order valence-corrected chi connectivity index (χ3v) is 18.5. The van der Waals surface area contributed by atoms with E-state index in [1.54, 1.807) is 0 Å². The smallest absolute Gasteiger partial charge is 0.187 e. The van der Waals surface area contributed by atoms with E-state index in [2.05, 4.69) is 34.6 Å². The van der Waals surface area contributed by atoms with Crippen molar-refractivity contribution in [2.24, 2.45) is 52.3 Å². The molecule has 5 saturated heterocycles. The summed E-state index contributed by atoms with van der Waals surface area (Å²) in [5, 5.41) is 106. The third kappa shape index (κ3) is 7.82. The van der Waals surface area contributed by atoms with Crippen molar-refractivity contribution in [2.45, 2.75) is 202 Å². The molecule has 9 aliphatic rings. The van der Waals surface area contributed by atoms with Crippen molar-refractivity contribution in [1.29, 1.82) is 0 Å². The average molecular weight is 931 g/mol. The SMILES string of the molecule is C[C@H]1CC[C@@]2(OC1)O[C@@]1(C)C[C@H]3[C@@H]4CC[C@H]5C[C@@H](O[C@@H]6O[C@H](CO)[C@H](O[C@@H]7O[C@H](CO)[C@@H](O)[C@H](O)[C@H]7O[C@@H]7O[C@H](CO)[C@@H](O)[C@H](O)[C@H]7O)[C@H](O)[C@H]6O)CC[C@]5(C)[C@H]4CC(=O)[C@]3(C)[C@H]1[C@@H]2C. The summed E-state index contributed by atoms with van der Waals surface area (Å²) in [6.07, 6.45) is -18.1. The van der Waals surface area contributed by atoms with Gasteiger partial charge in [-0.25, -0.2) is 0 Å². The highest BCUT2D eigenvalue weighted by Crippen LogP contribution is 2.73. The molecule has 9 fully saturated rings. The molecule has 19 nitrogen and oxygen atoms in total. The summed E-state index contributed by atoms with van der Waals surface area (Å²) >= 11 is 0. The van der Waals surface area contributed by atoms with Gasteiger partial charge >= 0.3 is 0 Å². The molecule has 9 rings (SSSR count). The molecule has 19 heteroatoms. The van der Waals surface area contributed by atoms with Gasteiger partial charge in [0.25, 0.3) is 0 Å². The first-order valence-electron chi connectivity index (χ1n) is 24.1. The van der Waals surface area contributed by atoms with Gasteiger partial charge in [-0.15, -0.1) is 0 Å². The van der Waals surface area contributed by atoms with Crippen LogP contribution >= 0.6 is 0 Å². The molecule has 0 unspecified atom stereocenters. The predicted molar refractivity (Wildman–Crippen MR) is 221 cm³/mol. The number of ether oxygens (including phenoxy) is 8. The lowest BCUT2D eigenvalue weighted by molar-refractivity contribution is -0.390. The molecule has 4 aliphatic carbocycles. The van der Waals surface area contributed by atoms with E-state index in [1.165, 1.54) is 0 Å². The number of carbonyl (C=O) groups excluding carboxylic acids is 1. The number of aliphatic hydroxyl groups excluding tert-OH is 10. The molecule has 5 heterocycles. The van der Waals surface area contributed by atoms with Gasteiger partial charge in [0.15, 0.2) is 24.7 Å². The van der Waals surface area contributed by atoms with Gasteiger partial charge in [-0.1, -0.05) is 27.7 Å². The van der Waals surface area contributed by atoms with Crippen LogP contribution in [-0.2, 0) is 42.7 Å². The Balaban J connectivity index is 0.851. The molecule has 372 valence electrons. The van der Waals surface area contributed by atoms with Crippen molar-refractivity contribution >= 4 is 5.78 Å². The Hall–Kier alpha value is -1.05. The van der Waals surface area contributed by atoms with Gasteiger partial charge < -0.3 is 89.0 Å². The molecule has 0 aromatic carbocycles. The van der Waals surface area contributed by atoms with E-state index in [1.807, 2.05) is 0 Å². The molecular formula is C46H74O19. The highest BCUT2D eigenvalue weighted by atomic mass is 16.8. The van der Waals surface area contributed by atoms with Gasteiger partial charge in [0.2, 0.25) is 0 Å². The fraction of sp³-hybridized carbons (Fsp3) is 0.978. The monoisotopic (exact) mass is 930 g/mol. The molecule has 1 spiro atoms. The zero-order chi connectivity index (χ0) is 46.7. The summed E-state index contributed by atoms with van der Waals surface area (Å²) in [5.41, 5.74) is -1.04. The number of carbonyl (C=O) groups is 1. The summed E-state index contributed by atoms with van der Waals surface area (Å²) in [6, 6.07) is 0. The Morgan fingerprint density at radius 2 is 1.25 bits per heavy atom. The van der Waals surface area contributed by atoms with Crippen molar-refractivity contribution in [3.8, 4) is 0 Å². The van der Waals surface area contributed by atoms with Gasteiger partial charge in [0, 0.05) is 30.1 Å². The van der Waals surface area contributed by atoms with Crippen LogP contribution in [0, 0.1) is 52.3 Å². The summed E-state index contributed by atoms with van der Waals surface area (Å²) in [6.45, 7) is 9.63. The number of rotatable bonds is 9. The maximum Gasteiger partial charge on any atom is 0.187 e. The van der Waals surface area contributed by atoms with E-state index in [0.29, 0.717) is 43.5 Å². The van der Waals surface area contributed by atoms with Gasteiger partial charge in [-0.2, -0.15) is 0 Å². The Bertz CT molecular complexity index is 1700. The third-order valence-electron chi connectivity index (χ3n) is 18.5. The normalized spacial score (nSPS) is 58.0. The van der Waals surface area contributed by atoms with E-state index in [9.17, 15) is 55.9 Å². The zero-order valence-corrected chi connectivity index (χ0v) is 38.1. The van der Waals surface area contributed by atoms with E-state index < -0.39 is 129 Å². The van der Waals surface area contributed by atoms with E-state index in [-0.39, 0.29) is 41.1 Å². The Morgan fingerprint density at radius 3 is 1.91 bits per heavy atom. The zero-order valence-electron chi connectivity index (χ0n) is 38.1. The van der Waals surface area contributed by atoms with Crippen LogP contribution < -0.4 is 0 Å². The van der Waals surface area contributed by atoms with Crippen LogP contribution in [0.15, 0.2) is 0 Å². The van der Waals surface area contributed by atoms with Crippen LogP contribution in [0.4, 0.5) is 0 Å². The summed E-state index contributed by atoms with van der Waals surface area (Å²) in [7, 11) is 0. The first-order valence-corrected chi connectivity index (χ1v) is 24.1. The number of aliphatic hydroxyl groups is 10. The average Bonchev–Trinajstić information content (AvgIpc) is 3.66. The van der Waals surface area contributed by atoms with E-state index in [0.717, 1.165) is 38.5 Å². The molecule has 0 amide bonds. The maximum atomic E-state index is 14.7. The standard InChI is InChI=1S/C46H74O19/c1-19-8-11-46(58-18-19)20(2)39-44(4,65-46)14-25-23-7-6-21-12-22(9-10-43(21,3)24(23)13-29(50)45(25,39)5)59-40-36(57)34(55)37(28(17-49)62-40)63-42-38(33(54)31(52)27(16-48)61-42)64-41-35(56)32(53)30(51)26(15-47)60-41/h19-28,30-42,47-49,51-57H,6-18H2,1-5H3/t19-,20-,21-,22-,23+,24-,25-,26+,27+,28+,30+,31+,32-,33-,34+,35+,36+,37-,38+,39-,40+,41-,42-,43-,44-,45+,46+/m0/s1. The predicted octanol–water partition coefficient (Wildman–Crippen LogP) is -1.16. The molecule has 0 bridgehead atoms. The second kappa shape index (κ2) is 18.0. The second-order valence-electron chi connectivity index (χ2n) is 22.1. The molecule has 0 aromatic rings. The lowest BCUT2D eigenvalue weighted by Crippen LogP contribution is -2.67. The molecule has 4 saturated carbocycles. The van der Waals surface area contributed by atoms with Crippen LogP contribution in [0.5, 0.6) is 0 Å². The Morgan fingerprint density at radius 1 is 0.646 bits per heavy atom. The number of fused-ring (bicyclic) bond motifs is 7. The van der Waals surface area contributed by atoms with Gasteiger partial charge in [-0.3, -0.25) is 4.79 Å². The fourth-order valence-corrected chi connectivity index (χ4v) is 15.0. The molecular weight excluding hydrogens is 856 g/mol. The molecule has 5 aliphatic heterocycles. The first-order chi connectivity index (χ1) is 30.7. The maximum absolute atomic E-state index is 14.7. The van der Waals surface area contributed by atoms with Crippen molar-refractivity contribution in [1.82, 2.24) is 0 Å². The molecule has 27 atom stereocenters. The van der Waals surface area contributed by atoms with E-state index in [4.69, 9.17) is 37.9 Å². The molecule has 65 heavy (non-hydrogen) atoms. The van der Waals surface area contributed by atoms with Gasteiger partial charge in [0.1, 0.15) is 79.0 Å². The van der Waals surface area contributed by atoms with Crippen molar-refractivity contribution in [3.63, 3.8) is 0 Å². The van der Waals surface area contributed by atoms with Crippen LogP contribution in [0.3, 0.4) is 0 Å². The summed E-state index contributed by atoms with van der Waals surface area (Å²) < 4.78 is 49.0. The minimum Gasteiger partial charge on any atom is -0.394 e. The van der Waals surface area contributed by atoms with Crippen LogP contribution in [0.2, 0.25) is 0 Å². The lowest BCUT2D eigenvalue weighted by Gasteiger charge is -2.60. The minimum absolute atomic E-state index is 0.0833. The minimum atomic E-state index is -1.90. The van der Waals surface area contributed by atoms with Crippen LogP contribution in [0.25, 0.3) is 0 Å². The number of Topliss-reactive ketones (excluding diaryl/α,β-unsaturated/α-hetero) is 1. The van der Waals surface area contributed by atoms with Crippen molar-refractivity contribution in [2.75, 3.05) is 26.4 Å². The summed E-state index contributed by atoms with van der Waals surface area (Å²) in [5.74, 6) is 1.43. The molecule has 0 aromatic heterocycles. The molecule has 10 N–H and O–H groups in total. The summed E-state index contributed by atoms with van der Waals surface area (Å²) in [4.78, 5) is 14.7. The van der Waals surface area contributed by atoms with E-state index >= 15 is 0 Å². The number of hydrogen-bond acceptors (Lipinski definition) is 19. The highest BCUT2D eigenvalue weighted by molar-refractivity contribution is 5.87. The van der Waals surface area contributed by atoms with Crippen LogP contribution in [-0.4, -0.2) is 193 Å². The van der Waals surface area contributed by atoms with Gasteiger partial charge in [0.05, 0.1) is 38.1 Å². The first kappa shape index (κ1) is 49.0. The van der Waals surface area contributed by atoms with Gasteiger partial charge in [-0.05, 0) is 86.9 Å². The largest absolute Gasteiger partial charge is 0.394 e. The second-order valence-corrected chi connectivity index (χ2v) is 22.1. The quantitative estimate of drug-likeness (QED) is 0.122. The van der Waals surface area contributed by atoms with Crippen molar-refractivity contribution < 1.29 is 93.8 Å². The highest BCUT2D eigenvalue weighted by Gasteiger charge is 2.75. The fourth-order valence-electron chi connectivity index (χ4n) is 15.0. The topological polar surface area (TPSA) is 293 Å². The number of hydrogen-bond donors (Lipinski definition) is 10.